The maximum Gasteiger partial charge on any atom is 0.339 e. The van der Waals surface area contributed by atoms with Gasteiger partial charge in [0.15, 0.2) is 5.82 Å². The lowest BCUT2D eigenvalue weighted by molar-refractivity contribution is 0.0696. The lowest BCUT2D eigenvalue weighted by atomic mass is 10.2. The van der Waals surface area contributed by atoms with Gasteiger partial charge < -0.3 is 5.11 Å². The zero-order valence-corrected chi connectivity index (χ0v) is 9.01. The van der Waals surface area contributed by atoms with Crippen LogP contribution in [0, 0.1) is 13.8 Å². The van der Waals surface area contributed by atoms with E-state index in [1.807, 2.05) is 13.8 Å². The van der Waals surface area contributed by atoms with Crippen LogP contribution in [0.25, 0.3) is 5.82 Å². The first-order valence-corrected chi connectivity index (χ1v) is 4.81. The highest BCUT2D eigenvalue weighted by atomic mass is 16.4. The third-order valence-electron chi connectivity index (χ3n) is 2.18. The molecule has 0 aliphatic carbocycles. The lowest BCUT2D eigenvalue weighted by Crippen LogP contribution is -2.09. The summed E-state index contributed by atoms with van der Waals surface area (Å²) in [5, 5.41) is 13.2. The van der Waals surface area contributed by atoms with Crippen LogP contribution in [-0.4, -0.2) is 25.8 Å². The molecule has 2 aromatic heterocycles. The van der Waals surface area contributed by atoms with Crippen molar-refractivity contribution in [1.29, 1.82) is 0 Å². The molecule has 0 amide bonds. The van der Waals surface area contributed by atoms with Gasteiger partial charge in [0.1, 0.15) is 5.56 Å². The Hall–Kier alpha value is -2.17. The van der Waals surface area contributed by atoms with Gasteiger partial charge in [0.25, 0.3) is 0 Å². The molecule has 0 bridgehead atoms. The smallest absolute Gasteiger partial charge is 0.339 e. The Balaban J connectivity index is 2.62. The molecule has 0 spiro atoms. The molecule has 5 nitrogen and oxygen atoms in total. The van der Waals surface area contributed by atoms with E-state index in [0.29, 0.717) is 5.82 Å². The van der Waals surface area contributed by atoms with Crippen molar-refractivity contribution in [1.82, 2.24) is 14.8 Å². The number of hydrogen-bond donors (Lipinski definition) is 1. The second-order valence-electron chi connectivity index (χ2n) is 3.53. The molecule has 2 rings (SSSR count). The zero-order valence-electron chi connectivity index (χ0n) is 9.01. The van der Waals surface area contributed by atoms with E-state index in [1.165, 1.54) is 10.7 Å². The molecule has 5 heteroatoms. The van der Waals surface area contributed by atoms with E-state index in [-0.39, 0.29) is 5.56 Å². The summed E-state index contributed by atoms with van der Waals surface area (Å²) in [7, 11) is 0. The summed E-state index contributed by atoms with van der Waals surface area (Å²) in [5.74, 6) is -0.656. The third-order valence-corrected chi connectivity index (χ3v) is 2.18. The van der Waals surface area contributed by atoms with Crippen LogP contribution in [0.15, 0.2) is 24.4 Å². The first kappa shape index (κ1) is 10.4. The molecule has 16 heavy (non-hydrogen) atoms. The predicted molar refractivity (Wildman–Crippen MR) is 57.8 cm³/mol. The van der Waals surface area contributed by atoms with Crippen molar-refractivity contribution < 1.29 is 9.90 Å². The largest absolute Gasteiger partial charge is 0.478 e. The first-order valence-electron chi connectivity index (χ1n) is 4.81. The number of carboxylic acid groups (broad SMARTS) is 1. The highest BCUT2D eigenvalue weighted by Crippen LogP contribution is 2.12. The minimum Gasteiger partial charge on any atom is -0.478 e. The maximum absolute atomic E-state index is 11.0. The number of hydrogen-bond acceptors (Lipinski definition) is 3. The molecule has 0 aliphatic heterocycles. The van der Waals surface area contributed by atoms with Gasteiger partial charge in [0.05, 0.1) is 5.69 Å². The Labute approximate surface area is 92.4 Å². The topological polar surface area (TPSA) is 68.0 Å². The van der Waals surface area contributed by atoms with Crippen LogP contribution >= 0.6 is 0 Å². The molecule has 0 aliphatic rings. The molecule has 1 N–H and O–H groups in total. The first-order chi connectivity index (χ1) is 7.58. The molecule has 2 aromatic rings. The summed E-state index contributed by atoms with van der Waals surface area (Å²) in [6.07, 6.45) is 1.70. The van der Waals surface area contributed by atoms with Crippen LogP contribution in [0.2, 0.25) is 0 Å². The van der Waals surface area contributed by atoms with Gasteiger partial charge in [0, 0.05) is 11.9 Å². The summed E-state index contributed by atoms with van der Waals surface area (Å²) in [6, 6.07) is 5.01. The molecule has 82 valence electrons. The van der Waals surface area contributed by atoms with Gasteiger partial charge in [-0.2, -0.15) is 5.10 Å². The molecule has 0 aromatic carbocycles. The third kappa shape index (κ3) is 1.79. The van der Waals surface area contributed by atoms with Crippen molar-refractivity contribution in [3.05, 3.63) is 41.3 Å². The summed E-state index contributed by atoms with van der Waals surface area (Å²) < 4.78 is 1.48. The summed E-state index contributed by atoms with van der Waals surface area (Å²) >= 11 is 0. The number of aromatic carboxylic acids is 1. The van der Waals surface area contributed by atoms with Gasteiger partial charge in [-0.1, -0.05) is 0 Å². The summed E-state index contributed by atoms with van der Waals surface area (Å²) in [5.41, 5.74) is 1.72. The Kier molecular flexibility index (Phi) is 2.44. The van der Waals surface area contributed by atoms with Crippen molar-refractivity contribution in [3.8, 4) is 5.82 Å². The minimum absolute atomic E-state index is 0.147. The fourth-order valence-electron chi connectivity index (χ4n) is 1.42. The highest BCUT2D eigenvalue weighted by Gasteiger charge is 2.13. The molecule has 2 heterocycles. The summed E-state index contributed by atoms with van der Waals surface area (Å²) in [4.78, 5) is 15.2. The lowest BCUT2D eigenvalue weighted by Gasteiger charge is -2.05. The van der Waals surface area contributed by atoms with Gasteiger partial charge >= 0.3 is 5.97 Å². The Bertz CT molecular complexity index is 546. The molecular weight excluding hydrogens is 206 g/mol. The SMILES string of the molecule is Cc1ccc(C(=O)O)c(-n2ccc(C)n2)n1. The van der Waals surface area contributed by atoms with E-state index in [2.05, 4.69) is 10.1 Å². The summed E-state index contributed by atoms with van der Waals surface area (Å²) in [6.45, 7) is 3.65. The number of carboxylic acids is 1. The Morgan fingerprint density at radius 3 is 2.56 bits per heavy atom. The second kappa shape index (κ2) is 3.77. The average Bonchev–Trinajstić information content (AvgIpc) is 2.64. The normalized spacial score (nSPS) is 10.4. The van der Waals surface area contributed by atoms with E-state index in [9.17, 15) is 4.79 Å². The number of aryl methyl sites for hydroxylation is 2. The Morgan fingerprint density at radius 1 is 1.25 bits per heavy atom. The standard InChI is InChI=1S/C11H11N3O2/c1-7-3-4-9(11(15)16)10(12-7)14-6-5-8(2)13-14/h3-6H,1-2H3,(H,15,16). The number of carbonyl (C=O) groups is 1. The van der Waals surface area contributed by atoms with Crippen LogP contribution in [-0.2, 0) is 0 Å². The van der Waals surface area contributed by atoms with Crippen molar-refractivity contribution in [2.75, 3.05) is 0 Å². The molecule has 0 atom stereocenters. The Morgan fingerprint density at radius 2 is 2.00 bits per heavy atom. The number of pyridine rings is 1. The molecule has 0 radical (unpaired) electrons. The average molecular weight is 217 g/mol. The van der Waals surface area contributed by atoms with Gasteiger partial charge in [-0.25, -0.2) is 14.5 Å². The van der Waals surface area contributed by atoms with Crippen LogP contribution < -0.4 is 0 Å². The monoisotopic (exact) mass is 217 g/mol. The van der Waals surface area contributed by atoms with Crippen LogP contribution in [0.3, 0.4) is 0 Å². The fourth-order valence-corrected chi connectivity index (χ4v) is 1.42. The quantitative estimate of drug-likeness (QED) is 0.829. The molecule has 0 fully saturated rings. The van der Waals surface area contributed by atoms with E-state index in [1.54, 1.807) is 18.3 Å². The zero-order chi connectivity index (χ0) is 11.7. The van der Waals surface area contributed by atoms with Crippen LogP contribution in [0.4, 0.5) is 0 Å². The van der Waals surface area contributed by atoms with Crippen molar-refractivity contribution in [2.45, 2.75) is 13.8 Å². The van der Waals surface area contributed by atoms with E-state index >= 15 is 0 Å². The van der Waals surface area contributed by atoms with Crippen molar-refractivity contribution in [2.24, 2.45) is 0 Å². The fraction of sp³-hybridized carbons (Fsp3) is 0.182. The van der Waals surface area contributed by atoms with Crippen LogP contribution in [0.1, 0.15) is 21.7 Å². The minimum atomic E-state index is -1.00. The number of aromatic nitrogens is 3. The van der Waals surface area contributed by atoms with Gasteiger partial charge in [0.2, 0.25) is 0 Å². The number of nitrogens with zero attached hydrogens (tertiary/aromatic N) is 3. The van der Waals surface area contributed by atoms with Gasteiger partial charge in [-0.15, -0.1) is 0 Å². The van der Waals surface area contributed by atoms with Crippen molar-refractivity contribution >= 4 is 5.97 Å². The van der Waals surface area contributed by atoms with Crippen LogP contribution in [0.5, 0.6) is 0 Å². The molecular formula is C11H11N3O2. The van der Waals surface area contributed by atoms with Crippen molar-refractivity contribution in [3.63, 3.8) is 0 Å². The number of rotatable bonds is 2. The van der Waals surface area contributed by atoms with Gasteiger partial charge in [-0.3, -0.25) is 0 Å². The maximum atomic E-state index is 11.0. The molecule has 0 unspecified atom stereocenters. The molecule has 0 saturated carbocycles. The van der Waals surface area contributed by atoms with E-state index in [4.69, 9.17) is 5.11 Å². The van der Waals surface area contributed by atoms with E-state index in [0.717, 1.165) is 11.4 Å². The molecule has 0 saturated heterocycles. The predicted octanol–water partition coefficient (Wildman–Crippen LogP) is 1.58. The van der Waals surface area contributed by atoms with E-state index < -0.39 is 5.97 Å². The second-order valence-corrected chi connectivity index (χ2v) is 3.53. The highest BCUT2D eigenvalue weighted by molar-refractivity contribution is 5.91. The van der Waals surface area contributed by atoms with Gasteiger partial charge in [-0.05, 0) is 32.0 Å².